The highest BCUT2D eigenvalue weighted by Crippen LogP contribution is 2.29. The van der Waals surface area contributed by atoms with Crippen molar-refractivity contribution in [3.63, 3.8) is 0 Å². The molecule has 0 bridgehead atoms. The Balaban J connectivity index is 1.54. The van der Waals surface area contributed by atoms with E-state index in [0.29, 0.717) is 30.8 Å². The molecular weight excluding hydrogens is 292 g/mol. The molecule has 2 atom stereocenters. The van der Waals surface area contributed by atoms with E-state index in [9.17, 15) is 4.79 Å². The predicted molar refractivity (Wildman–Crippen MR) is 87.0 cm³/mol. The van der Waals surface area contributed by atoms with Gasteiger partial charge in [0.2, 0.25) is 11.8 Å². The van der Waals surface area contributed by atoms with Crippen LogP contribution in [-0.2, 0) is 17.6 Å². The van der Waals surface area contributed by atoms with E-state index in [1.807, 2.05) is 0 Å². The number of likely N-dealkylation sites (N-methyl/N-ethyl adjacent to an activating group) is 1. The van der Waals surface area contributed by atoms with Gasteiger partial charge in [0.15, 0.2) is 5.82 Å². The monoisotopic (exact) mass is 320 g/mol. The van der Waals surface area contributed by atoms with Crippen LogP contribution in [-0.4, -0.2) is 58.1 Å². The molecule has 128 valence electrons. The van der Waals surface area contributed by atoms with E-state index >= 15 is 0 Å². The van der Waals surface area contributed by atoms with E-state index in [4.69, 9.17) is 4.52 Å². The highest BCUT2D eigenvalue weighted by Gasteiger charge is 2.38. The highest BCUT2D eigenvalue weighted by atomic mass is 16.5. The number of aromatic nitrogens is 2. The Morgan fingerprint density at radius 2 is 2.00 bits per heavy atom. The summed E-state index contributed by atoms with van der Waals surface area (Å²) in [5.41, 5.74) is 0. The Hall–Kier alpha value is -1.43. The molecule has 2 saturated heterocycles. The largest absolute Gasteiger partial charge is 0.339 e. The molecule has 1 amide bonds. The summed E-state index contributed by atoms with van der Waals surface area (Å²) < 4.78 is 5.23. The van der Waals surface area contributed by atoms with Crippen LogP contribution in [0.3, 0.4) is 0 Å². The quantitative estimate of drug-likeness (QED) is 0.802. The van der Waals surface area contributed by atoms with Gasteiger partial charge in [0.05, 0.1) is 0 Å². The van der Waals surface area contributed by atoms with E-state index in [2.05, 4.69) is 33.9 Å². The molecule has 0 unspecified atom stereocenters. The van der Waals surface area contributed by atoms with Crippen molar-refractivity contribution >= 4 is 5.91 Å². The summed E-state index contributed by atoms with van der Waals surface area (Å²) in [6.07, 6.45) is 7.60. The number of rotatable bonds is 6. The lowest BCUT2D eigenvalue weighted by atomic mass is 10.0. The van der Waals surface area contributed by atoms with E-state index in [-0.39, 0.29) is 5.91 Å². The molecule has 0 radical (unpaired) electrons. The van der Waals surface area contributed by atoms with Crippen molar-refractivity contribution in [2.45, 2.75) is 70.4 Å². The van der Waals surface area contributed by atoms with Gasteiger partial charge in [0.25, 0.3) is 0 Å². The summed E-state index contributed by atoms with van der Waals surface area (Å²) in [5.74, 6) is 1.58. The zero-order valence-corrected chi connectivity index (χ0v) is 14.3. The number of hydrogen-bond acceptors (Lipinski definition) is 5. The van der Waals surface area contributed by atoms with Crippen LogP contribution in [0.15, 0.2) is 4.52 Å². The summed E-state index contributed by atoms with van der Waals surface area (Å²) in [4.78, 5) is 21.5. The fourth-order valence-corrected chi connectivity index (χ4v) is 4.00. The topological polar surface area (TPSA) is 62.5 Å². The number of nitrogens with zero attached hydrogens (tertiary/aromatic N) is 4. The molecule has 0 saturated carbocycles. The van der Waals surface area contributed by atoms with Gasteiger partial charge in [0, 0.05) is 37.9 Å². The summed E-state index contributed by atoms with van der Waals surface area (Å²) in [5, 5.41) is 3.95. The van der Waals surface area contributed by atoms with Crippen LogP contribution in [0.1, 0.15) is 57.2 Å². The van der Waals surface area contributed by atoms with Crippen LogP contribution in [0.5, 0.6) is 0 Å². The van der Waals surface area contributed by atoms with Crippen molar-refractivity contribution in [1.82, 2.24) is 19.9 Å². The molecule has 2 aliphatic rings. The van der Waals surface area contributed by atoms with Gasteiger partial charge in [-0.05, 0) is 45.7 Å². The minimum Gasteiger partial charge on any atom is -0.339 e. The lowest BCUT2D eigenvalue weighted by Crippen LogP contribution is -2.47. The Labute approximate surface area is 138 Å². The van der Waals surface area contributed by atoms with E-state index in [1.54, 1.807) is 0 Å². The SMILES string of the molecule is CCCc1noc(CCC(=O)N2CCC[C@@H]2[C@@H]2CCCN2C)n1. The van der Waals surface area contributed by atoms with Gasteiger partial charge in [-0.1, -0.05) is 12.1 Å². The lowest BCUT2D eigenvalue weighted by molar-refractivity contribution is -0.133. The average Bonchev–Trinajstić information content (AvgIpc) is 3.25. The predicted octanol–water partition coefficient (Wildman–Crippen LogP) is 2.04. The Kier molecular flexibility index (Phi) is 5.30. The van der Waals surface area contributed by atoms with Crippen LogP contribution in [0.4, 0.5) is 0 Å². The Bertz CT molecular complexity index is 530. The number of amides is 1. The lowest BCUT2D eigenvalue weighted by Gasteiger charge is -2.33. The fraction of sp³-hybridized carbons (Fsp3) is 0.824. The van der Waals surface area contributed by atoms with Gasteiger partial charge in [0.1, 0.15) is 0 Å². The van der Waals surface area contributed by atoms with Gasteiger partial charge < -0.3 is 14.3 Å². The van der Waals surface area contributed by atoms with Crippen molar-refractivity contribution in [2.24, 2.45) is 0 Å². The molecule has 0 spiro atoms. The molecule has 23 heavy (non-hydrogen) atoms. The van der Waals surface area contributed by atoms with Crippen LogP contribution in [0.25, 0.3) is 0 Å². The maximum absolute atomic E-state index is 12.6. The van der Waals surface area contributed by atoms with Crippen molar-refractivity contribution in [1.29, 1.82) is 0 Å². The third kappa shape index (κ3) is 3.74. The van der Waals surface area contributed by atoms with Crippen molar-refractivity contribution in [3.8, 4) is 0 Å². The van der Waals surface area contributed by atoms with Crippen LogP contribution in [0.2, 0.25) is 0 Å². The molecule has 2 aliphatic heterocycles. The zero-order valence-electron chi connectivity index (χ0n) is 14.3. The third-order valence-corrected chi connectivity index (χ3v) is 5.18. The van der Waals surface area contributed by atoms with Crippen molar-refractivity contribution in [2.75, 3.05) is 20.1 Å². The summed E-state index contributed by atoms with van der Waals surface area (Å²) in [6.45, 7) is 4.15. The fourth-order valence-electron chi connectivity index (χ4n) is 4.00. The molecule has 6 nitrogen and oxygen atoms in total. The zero-order chi connectivity index (χ0) is 16.2. The van der Waals surface area contributed by atoms with Gasteiger partial charge in [-0.2, -0.15) is 4.98 Å². The second-order valence-electron chi connectivity index (χ2n) is 6.84. The van der Waals surface area contributed by atoms with Crippen LogP contribution in [0, 0.1) is 0 Å². The highest BCUT2D eigenvalue weighted by molar-refractivity contribution is 5.77. The average molecular weight is 320 g/mol. The van der Waals surface area contributed by atoms with Crippen molar-refractivity contribution in [3.05, 3.63) is 11.7 Å². The van der Waals surface area contributed by atoms with Crippen LogP contribution >= 0.6 is 0 Å². The maximum atomic E-state index is 12.6. The first-order chi connectivity index (χ1) is 11.2. The summed E-state index contributed by atoms with van der Waals surface area (Å²) >= 11 is 0. The van der Waals surface area contributed by atoms with Crippen LogP contribution < -0.4 is 0 Å². The number of aryl methyl sites for hydroxylation is 2. The number of hydrogen-bond donors (Lipinski definition) is 0. The van der Waals surface area contributed by atoms with Gasteiger partial charge in [-0.15, -0.1) is 0 Å². The van der Waals surface area contributed by atoms with E-state index < -0.39 is 0 Å². The number of likely N-dealkylation sites (tertiary alicyclic amines) is 2. The summed E-state index contributed by atoms with van der Waals surface area (Å²) in [6, 6.07) is 0.939. The molecule has 1 aromatic rings. The normalized spacial score (nSPS) is 25.4. The standard InChI is InChI=1S/C17H28N4O2/c1-3-6-15-18-16(23-19-15)9-10-17(22)21-12-5-8-14(21)13-7-4-11-20(13)2/h13-14H,3-12H2,1-2H3/t13-,14+/m0/s1. The van der Waals surface area contributed by atoms with Gasteiger partial charge >= 0.3 is 0 Å². The molecular formula is C17H28N4O2. The summed E-state index contributed by atoms with van der Waals surface area (Å²) in [7, 11) is 2.19. The van der Waals surface area contributed by atoms with E-state index in [1.165, 1.54) is 12.8 Å². The second kappa shape index (κ2) is 7.43. The number of carbonyl (C=O) groups excluding carboxylic acids is 1. The second-order valence-corrected chi connectivity index (χ2v) is 6.84. The molecule has 1 aromatic heterocycles. The first kappa shape index (κ1) is 16.4. The smallest absolute Gasteiger partial charge is 0.227 e. The minimum atomic E-state index is 0.239. The first-order valence-corrected chi connectivity index (χ1v) is 9.00. The molecule has 6 heteroatoms. The first-order valence-electron chi connectivity index (χ1n) is 9.00. The minimum absolute atomic E-state index is 0.239. The van der Waals surface area contributed by atoms with Gasteiger partial charge in [-0.3, -0.25) is 4.79 Å². The Morgan fingerprint density at radius 1 is 1.22 bits per heavy atom. The molecule has 3 rings (SSSR count). The van der Waals surface area contributed by atoms with Gasteiger partial charge in [-0.25, -0.2) is 0 Å². The molecule has 0 aromatic carbocycles. The van der Waals surface area contributed by atoms with E-state index in [0.717, 1.165) is 44.6 Å². The molecule has 2 fully saturated rings. The van der Waals surface area contributed by atoms with Crippen molar-refractivity contribution < 1.29 is 9.32 Å². The molecule has 3 heterocycles. The molecule has 0 aliphatic carbocycles. The maximum Gasteiger partial charge on any atom is 0.227 e. The number of carbonyl (C=O) groups is 1. The molecule has 0 N–H and O–H groups in total. The third-order valence-electron chi connectivity index (χ3n) is 5.18. The Morgan fingerprint density at radius 3 is 2.74 bits per heavy atom.